The molecule has 0 aliphatic rings. The Morgan fingerprint density at radius 3 is 1.60 bits per heavy atom. The van der Waals surface area contributed by atoms with Crippen LogP contribution < -0.4 is 0 Å². The summed E-state index contributed by atoms with van der Waals surface area (Å²) in [6.07, 6.45) is 0. The lowest BCUT2D eigenvalue weighted by molar-refractivity contribution is 1.63. The number of hydrogen-bond donors (Lipinski definition) is 0. The van der Waals surface area contributed by atoms with Crippen LogP contribution in [0.25, 0.3) is 76.5 Å². The molecule has 8 aromatic carbocycles. The van der Waals surface area contributed by atoms with E-state index in [0.29, 0.717) is 5.56 Å². The van der Waals surface area contributed by atoms with Gasteiger partial charge in [-0.1, -0.05) is 145 Å². The van der Waals surface area contributed by atoms with Gasteiger partial charge in [0.15, 0.2) is 0 Å². The van der Waals surface area contributed by atoms with Crippen molar-refractivity contribution in [2.24, 2.45) is 0 Å². The van der Waals surface area contributed by atoms with Gasteiger partial charge < -0.3 is 0 Å². The van der Waals surface area contributed by atoms with E-state index >= 15 is 0 Å². The lowest BCUT2D eigenvalue weighted by Crippen LogP contribution is -1.91. The van der Waals surface area contributed by atoms with Crippen LogP contribution in [0.15, 0.2) is 157 Å². The molecule has 0 bridgehead atoms. The summed E-state index contributed by atoms with van der Waals surface area (Å²) < 4.78 is 132. The number of fused-ring (bicyclic) bond motifs is 4. The Bertz CT molecular complexity index is 2950. The first-order valence-corrected chi connectivity index (χ1v) is 12.6. The van der Waals surface area contributed by atoms with Crippen molar-refractivity contribution >= 4 is 43.1 Å². The lowest BCUT2D eigenvalue weighted by Gasteiger charge is -2.18. The molecule has 0 heterocycles. The monoisotopic (exact) mass is 521 g/mol. The summed E-state index contributed by atoms with van der Waals surface area (Å²) >= 11 is 0. The van der Waals surface area contributed by atoms with Crippen LogP contribution in [0, 0.1) is 0 Å². The molecule has 8 rings (SSSR count). The zero-order chi connectivity index (χ0) is 39.5. The molecule has 0 spiro atoms. The molecule has 0 atom stereocenters. The van der Waals surface area contributed by atoms with Crippen LogP contribution in [0.2, 0.25) is 0 Å². The predicted molar refractivity (Wildman–Crippen MR) is 173 cm³/mol. The van der Waals surface area contributed by atoms with Crippen molar-refractivity contribution in [3.63, 3.8) is 0 Å². The Morgan fingerprint density at radius 2 is 0.900 bits per heavy atom. The van der Waals surface area contributed by atoms with Crippen LogP contribution in [0.1, 0.15) is 20.6 Å². The normalized spacial score (nSPS) is 16.8. The highest BCUT2D eigenvalue weighted by molar-refractivity contribution is 6.22. The largest absolute Gasteiger partial charge is 0.0629 e. The molecule has 186 valence electrons. The molecule has 0 aliphatic carbocycles. The fraction of sp³-hybridized carbons (Fsp3) is 0. The molecule has 0 heteroatoms. The Morgan fingerprint density at radius 1 is 0.350 bits per heavy atom. The number of hydrogen-bond acceptors (Lipinski definition) is 0. The zero-order valence-corrected chi connectivity index (χ0v) is 20.9. The van der Waals surface area contributed by atoms with E-state index in [1.165, 1.54) is 6.07 Å². The Balaban J connectivity index is 1.60. The van der Waals surface area contributed by atoms with Gasteiger partial charge in [0, 0.05) is 0 Å². The van der Waals surface area contributed by atoms with Crippen molar-refractivity contribution < 1.29 is 20.6 Å². The summed E-state index contributed by atoms with van der Waals surface area (Å²) in [5.74, 6) is 0. The van der Waals surface area contributed by atoms with Gasteiger partial charge >= 0.3 is 0 Å². The molecule has 0 aliphatic heterocycles. The number of rotatable bonds is 3. The van der Waals surface area contributed by atoms with Gasteiger partial charge in [-0.25, -0.2) is 0 Å². The van der Waals surface area contributed by atoms with E-state index in [4.69, 9.17) is 15.1 Å². The smallest absolute Gasteiger partial charge is 0.0616 e. The topological polar surface area (TPSA) is 0 Å². The Hall–Kier alpha value is -5.20. The van der Waals surface area contributed by atoms with Crippen LogP contribution in [0.4, 0.5) is 0 Å². The summed E-state index contributed by atoms with van der Waals surface area (Å²) in [5.41, 5.74) is 1.01. The quantitative estimate of drug-likeness (QED) is 0.203. The van der Waals surface area contributed by atoms with Crippen molar-refractivity contribution in [1.82, 2.24) is 0 Å². The van der Waals surface area contributed by atoms with Gasteiger partial charge in [-0.15, -0.1) is 0 Å². The fourth-order valence-corrected chi connectivity index (χ4v) is 5.41. The highest BCUT2D eigenvalue weighted by Crippen LogP contribution is 2.44. The maximum atomic E-state index is 9.27. The molecule has 0 N–H and O–H groups in total. The summed E-state index contributed by atoms with van der Waals surface area (Å²) in [4.78, 5) is 0. The first-order chi connectivity index (χ1) is 26.1. The minimum Gasteiger partial charge on any atom is -0.0616 e. The Labute approximate surface area is 254 Å². The molecular weight excluding hydrogens is 480 g/mol. The first kappa shape index (κ1) is 12.3. The maximum Gasteiger partial charge on any atom is 0.0629 e. The predicted octanol–water partition coefficient (Wildman–Crippen LogP) is 11.3. The lowest BCUT2D eigenvalue weighted by atomic mass is 9.85. The van der Waals surface area contributed by atoms with Crippen LogP contribution in [-0.4, -0.2) is 0 Å². The maximum absolute atomic E-state index is 9.27. The van der Waals surface area contributed by atoms with Crippen LogP contribution in [0.5, 0.6) is 0 Å². The second-order valence-electron chi connectivity index (χ2n) is 9.39. The molecule has 0 nitrogen and oxygen atoms in total. The van der Waals surface area contributed by atoms with E-state index in [0.717, 1.165) is 10.8 Å². The fourth-order valence-electron chi connectivity index (χ4n) is 5.41. The molecule has 0 fully saturated rings. The molecule has 0 radical (unpaired) electrons. The van der Waals surface area contributed by atoms with Gasteiger partial charge in [-0.3, -0.25) is 0 Å². The van der Waals surface area contributed by atoms with Crippen molar-refractivity contribution in [1.29, 1.82) is 0 Å². The van der Waals surface area contributed by atoms with Crippen molar-refractivity contribution in [3.05, 3.63) is 157 Å². The average Bonchev–Trinajstić information content (AvgIpc) is 3.19. The molecule has 0 aromatic heterocycles. The van der Waals surface area contributed by atoms with E-state index in [-0.39, 0.29) is 60.1 Å². The van der Waals surface area contributed by atoms with Gasteiger partial charge in [0.2, 0.25) is 0 Å². The third-order valence-electron chi connectivity index (χ3n) is 7.17. The molecule has 0 saturated heterocycles. The second kappa shape index (κ2) is 9.22. The SMILES string of the molecule is [2H]c1c([2H])c([2H])c2c(-c3cccc(-c4c5c([2H])c([2H])c([2H])c([2H])c5c(-c5ccc6ccccc6c5)c5c([2H])c([2H])c([2H])c([2H])c45)c3)c([2H])c([2H])c([2H])c2c1[2H]. The van der Waals surface area contributed by atoms with Crippen LogP contribution in [0.3, 0.4) is 0 Å². The first-order valence-electron chi connectivity index (χ1n) is 20.1. The molecule has 8 aromatic rings. The summed E-state index contributed by atoms with van der Waals surface area (Å²) in [7, 11) is 0. The third kappa shape index (κ3) is 3.61. The third-order valence-corrected chi connectivity index (χ3v) is 7.17. The average molecular weight is 522 g/mol. The van der Waals surface area contributed by atoms with Crippen molar-refractivity contribution in [2.75, 3.05) is 0 Å². The highest BCUT2D eigenvalue weighted by Gasteiger charge is 2.17. The van der Waals surface area contributed by atoms with E-state index in [1.807, 2.05) is 36.4 Å². The zero-order valence-electron chi connectivity index (χ0n) is 35.9. The van der Waals surface area contributed by atoms with E-state index < -0.39 is 90.6 Å². The van der Waals surface area contributed by atoms with Gasteiger partial charge in [0.1, 0.15) is 0 Å². The van der Waals surface area contributed by atoms with Crippen molar-refractivity contribution in [3.8, 4) is 33.4 Å². The van der Waals surface area contributed by atoms with E-state index in [2.05, 4.69) is 0 Å². The van der Waals surface area contributed by atoms with Crippen molar-refractivity contribution in [2.45, 2.75) is 0 Å². The minimum absolute atomic E-state index is 0.0203. The van der Waals surface area contributed by atoms with Crippen LogP contribution >= 0.6 is 0 Å². The standard InChI is InChI=1S/C40H26/c1-2-13-29-25-32(24-23-27(29)11-1)40-37-20-7-5-18-35(37)39(36-19-6-8-21-38(36)40)31-16-9-15-30(26-31)34-22-10-14-28-12-3-4-17-33(28)34/h1-26H/i3D,4D,5D,6D,7D,8D,10D,12D,14D,17D,18D,19D,20D,21D,22D. The molecule has 40 heavy (non-hydrogen) atoms. The summed E-state index contributed by atoms with van der Waals surface area (Å²) in [5, 5.41) is 1.28. The minimum atomic E-state index is -0.601. The van der Waals surface area contributed by atoms with E-state index in [9.17, 15) is 5.48 Å². The summed E-state index contributed by atoms with van der Waals surface area (Å²) in [6.45, 7) is 0. The van der Waals surface area contributed by atoms with E-state index in [1.54, 1.807) is 24.3 Å². The van der Waals surface area contributed by atoms with Gasteiger partial charge in [-0.2, -0.15) is 0 Å². The number of benzene rings is 8. The van der Waals surface area contributed by atoms with Gasteiger partial charge in [0.25, 0.3) is 0 Å². The molecule has 0 saturated carbocycles. The van der Waals surface area contributed by atoms with Gasteiger partial charge in [-0.05, 0) is 88.6 Å². The second-order valence-corrected chi connectivity index (χ2v) is 9.39. The highest BCUT2D eigenvalue weighted by atomic mass is 14.2. The molecule has 0 amide bonds. The molecular formula is C40H26. The molecule has 0 unspecified atom stereocenters. The van der Waals surface area contributed by atoms with Gasteiger partial charge in [0.05, 0.1) is 20.6 Å². The van der Waals surface area contributed by atoms with Crippen LogP contribution in [-0.2, 0) is 0 Å². The Kier molecular flexibility index (Phi) is 2.84. The summed E-state index contributed by atoms with van der Waals surface area (Å²) in [6, 6.07) is 11.2.